The smallest absolute Gasteiger partial charge is 0.340 e. The van der Waals surface area contributed by atoms with E-state index >= 15 is 0 Å². The van der Waals surface area contributed by atoms with Gasteiger partial charge in [-0.15, -0.1) is 0 Å². The van der Waals surface area contributed by atoms with Gasteiger partial charge in [-0.25, -0.2) is 9.69 Å². The first kappa shape index (κ1) is 23.7. The molecule has 1 aliphatic rings. The van der Waals surface area contributed by atoms with Crippen LogP contribution in [0.5, 0.6) is 0 Å². The molecular formula is C26H20ClN3O5. The maximum atomic E-state index is 12.9. The minimum absolute atomic E-state index is 0.0919. The number of rotatable bonds is 7. The Morgan fingerprint density at radius 3 is 2.37 bits per heavy atom. The molecule has 0 spiro atoms. The summed E-state index contributed by atoms with van der Waals surface area (Å²) in [5.74, 6) is -2.28. The van der Waals surface area contributed by atoms with Crippen LogP contribution >= 0.6 is 11.6 Å². The minimum Gasteiger partial charge on any atom is -0.462 e. The van der Waals surface area contributed by atoms with Gasteiger partial charge in [-0.2, -0.15) is 0 Å². The topological polar surface area (TPSA) is 105 Å². The maximum Gasteiger partial charge on any atom is 0.340 e. The van der Waals surface area contributed by atoms with Crippen molar-refractivity contribution >= 4 is 52.4 Å². The summed E-state index contributed by atoms with van der Waals surface area (Å²) < 4.78 is 5.04. The maximum absolute atomic E-state index is 12.9. The second kappa shape index (κ2) is 10.2. The van der Waals surface area contributed by atoms with E-state index in [1.165, 1.54) is 6.07 Å². The van der Waals surface area contributed by atoms with Gasteiger partial charge in [0.1, 0.15) is 10.7 Å². The van der Waals surface area contributed by atoms with Gasteiger partial charge in [-0.05, 0) is 49.4 Å². The Morgan fingerprint density at radius 1 is 0.914 bits per heavy atom. The van der Waals surface area contributed by atoms with Crippen LogP contribution < -0.4 is 15.5 Å². The number of ether oxygens (including phenoxy) is 1. The summed E-state index contributed by atoms with van der Waals surface area (Å²) >= 11 is 6.18. The van der Waals surface area contributed by atoms with E-state index in [9.17, 15) is 19.2 Å². The fourth-order valence-electron chi connectivity index (χ4n) is 3.48. The van der Waals surface area contributed by atoms with E-state index in [0.29, 0.717) is 17.1 Å². The minimum atomic E-state index is -0.644. The third kappa shape index (κ3) is 4.92. The molecule has 9 heteroatoms. The van der Waals surface area contributed by atoms with Crippen molar-refractivity contribution in [3.05, 3.63) is 101 Å². The number of hydrogen-bond donors (Lipinski definition) is 2. The highest BCUT2D eigenvalue weighted by Gasteiger charge is 2.38. The van der Waals surface area contributed by atoms with E-state index in [0.717, 1.165) is 4.90 Å². The fraction of sp³-hybridized carbons (Fsp3) is 0.0769. The van der Waals surface area contributed by atoms with Gasteiger partial charge in [-0.1, -0.05) is 48.0 Å². The van der Waals surface area contributed by atoms with Gasteiger partial charge in [0.15, 0.2) is 0 Å². The van der Waals surface area contributed by atoms with E-state index < -0.39 is 23.7 Å². The Hall–Kier alpha value is -4.43. The van der Waals surface area contributed by atoms with Crippen molar-refractivity contribution < 1.29 is 23.9 Å². The Balaban J connectivity index is 1.53. The summed E-state index contributed by atoms with van der Waals surface area (Å²) in [6.45, 7) is 1.90. The lowest BCUT2D eigenvalue weighted by Gasteiger charge is -2.15. The number of nitrogens with zero attached hydrogens (tertiary/aromatic N) is 1. The molecule has 0 radical (unpaired) electrons. The summed E-state index contributed by atoms with van der Waals surface area (Å²) in [6, 6.07) is 21.3. The van der Waals surface area contributed by atoms with Crippen LogP contribution in [0.4, 0.5) is 17.1 Å². The molecule has 3 aromatic carbocycles. The van der Waals surface area contributed by atoms with E-state index in [1.807, 2.05) is 0 Å². The van der Waals surface area contributed by atoms with Crippen molar-refractivity contribution in [3.63, 3.8) is 0 Å². The van der Waals surface area contributed by atoms with Crippen molar-refractivity contribution in [2.45, 2.75) is 6.92 Å². The highest BCUT2D eigenvalue weighted by Crippen LogP contribution is 2.30. The lowest BCUT2D eigenvalue weighted by Crippen LogP contribution is -2.32. The molecule has 0 atom stereocenters. The molecule has 0 aliphatic carbocycles. The molecular weight excluding hydrogens is 470 g/mol. The van der Waals surface area contributed by atoms with Gasteiger partial charge in [-0.3, -0.25) is 14.4 Å². The summed E-state index contributed by atoms with van der Waals surface area (Å²) in [4.78, 5) is 51.6. The molecule has 4 rings (SSSR count). The predicted octanol–water partition coefficient (Wildman–Crippen LogP) is 4.55. The van der Waals surface area contributed by atoms with E-state index in [1.54, 1.807) is 79.7 Å². The van der Waals surface area contributed by atoms with Gasteiger partial charge in [0, 0.05) is 11.3 Å². The largest absolute Gasteiger partial charge is 0.462 e. The van der Waals surface area contributed by atoms with Gasteiger partial charge in [0.25, 0.3) is 17.7 Å². The van der Waals surface area contributed by atoms with Crippen LogP contribution in [0.15, 0.2) is 89.6 Å². The third-order valence-electron chi connectivity index (χ3n) is 5.11. The van der Waals surface area contributed by atoms with Crippen LogP contribution in [0.2, 0.25) is 0 Å². The first-order valence-electron chi connectivity index (χ1n) is 10.7. The first-order chi connectivity index (χ1) is 16.9. The number of nitrogens with one attached hydrogen (secondary N) is 2. The molecule has 0 fully saturated rings. The van der Waals surface area contributed by atoms with Crippen molar-refractivity contribution in [2.75, 3.05) is 22.1 Å². The summed E-state index contributed by atoms with van der Waals surface area (Å²) in [5.41, 5.74) is 1.46. The molecule has 3 aromatic rings. The van der Waals surface area contributed by atoms with Crippen LogP contribution in [-0.2, 0) is 14.3 Å². The second-order valence-electron chi connectivity index (χ2n) is 7.40. The van der Waals surface area contributed by atoms with Crippen molar-refractivity contribution in [1.82, 2.24) is 0 Å². The molecule has 1 heterocycles. The van der Waals surface area contributed by atoms with Crippen LogP contribution in [0, 0.1) is 0 Å². The van der Waals surface area contributed by atoms with Crippen LogP contribution in [0.1, 0.15) is 27.6 Å². The quantitative estimate of drug-likeness (QED) is 0.372. The lowest BCUT2D eigenvalue weighted by atomic mass is 10.1. The summed E-state index contributed by atoms with van der Waals surface area (Å²) in [7, 11) is 0. The second-order valence-corrected chi connectivity index (χ2v) is 7.77. The Kier molecular flexibility index (Phi) is 6.93. The molecule has 0 aromatic heterocycles. The Morgan fingerprint density at radius 2 is 1.63 bits per heavy atom. The predicted molar refractivity (Wildman–Crippen MR) is 132 cm³/mol. The highest BCUT2D eigenvalue weighted by atomic mass is 35.5. The third-order valence-corrected chi connectivity index (χ3v) is 5.46. The van der Waals surface area contributed by atoms with Gasteiger partial charge in [0.05, 0.1) is 23.5 Å². The Bertz CT molecular complexity index is 1350. The molecule has 8 nitrogen and oxygen atoms in total. The van der Waals surface area contributed by atoms with Crippen LogP contribution in [-0.4, -0.2) is 30.3 Å². The summed E-state index contributed by atoms with van der Waals surface area (Å²) in [5, 5.41) is 5.31. The van der Waals surface area contributed by atoms with Crippen molar-refractivity contribution in [1.29, 1.82) is 0 Å². The molecule has 3 amide bonds. The average Bonchev–Trinajstić information content (AvgIpc) is 3.08. The van der Waals surface area contributed by atoms with Crippen LogP contribution in [0.3, 0.4) is 0 Å². The zero-order valence-electron chi connectivity index (χ0n) is 18.6. The fourth-order valence-corrected chi connectivity index (χ4v) is 3.69. The number of imide groups is 1. The van der Waals surface area contributed by atoms with E-state index in [-0.39, 0.29) is 28.5 Å². The number of anilines is 3. The summed E-state index contributed by atoms with van der Waals surface area (Å²) in [6.07, 6.45) is 0. The van der Waals surface area contributed by atoms with Gasteiger partial charge < -0.3 is 15.4 Å². The van der Waals surface area contributed by atoms with E-state index in [4.69, 9.17) is 16.3 Å². The standard InChI is InChI=1S/C26H20ClN3O5/c1-2-35-26(34)19-13-6-7-14-20(19)29-23(31)16-9-8-10-17(15-16)28-22-21(27)24(32)30(25(22)33)18-11-4-3-5-12-18/h3-15,28H,2H2,1H3,(H,29,31). The molecule has 0 saturated carbocycles. The SMILES string of the molecule is CCOC(=O)c1ccccc1NC(=O)c1cccc(NC2=C(Cl)C(=O)N(c3ccccc3)C2=O)c1. The van der Waals surface area contributed by atoms with Crippen molar-refractivity contribution in [2.24, 2.45) is 0 Å². The molecule has 1 aliphatic heterocycles. The van der Waals surface area contributed by atoms with Crippen molar-refractivity contribution in [3.8, 4) is 0 Å². The number of amides is 3. The first-order valence-corrected chi connectivity index (χ1v) is 11.1. The number of para-hydroxylation sites is 2. The molecule has 35 heavy (non-hydrogen) atoms. The number of halogens is 1. The normalized spacial score (nSPS) is 13.1. The average molecular weight is 490 g/mol. The number of esters is 1. The molecule has 176 valence electrons. The number of benzene rings is 3. The number of carbonyl (C=O) groups is 4. The molecule has 0 bridgehead atoms. The number of carbonyl (C=O) groups excluding carboxylic acids is 4. The molecule has 0 unspecified atom stereocenters. The molecule has 2 N–H and O–H groups in total. The zero-order valence-corrected chi connectivity index (χ0v) is 19.3. The van der Waals surface area contributed by atoms with E-state index in [2.05, 4.69) is 10.6 Å². The lowest BCUT2D eigenvalue weighted by molar-refractivity contribution is -0.120. The molecule has 0 saturated heterocycles. The Labute approximate surface area is 206 Å². The van der Waals surface area contributed by atoms with Gasteiger partial charge >= 0.3 is 5.97 Å². The number of hydrogen-bond acceptors (Lipinski definition) is 6. The highest BCUT2D eigenvalue weighted by molar-refractivity contribution is 6.53. The van der Waals surface area contributed by atoms with Crippen LogP contribution in [0.25, 0.3) is 0 Å². The zero-order chi connectivity index (χ0) is 24.9. The monoisotopic (exact) mass is 489 g/mol. The van der Waals surface area contributed by atoms with Gasteiger partial charge in [0.2, 0.25) is 0 Å².